The van der Waals surface area contributed by atoms with E-state index >= 15 is 0 Å². The smallest absolute Gasteiger partial charge is 0.144 e. The van der Waals surface area contributed by atoms with Crippen molar-refractivity contribution in [2.45, 2.75) is 32.7 Å². The number of benzene rings is 1. The monoisotopic (exact) mass is 302 g/mol. The number of carbonyl (C=O) groups excluding carboxylic acids is 1. The van der Waals surface area contributed by atoms with Crippen LogP contribution in [-0.2, 0) is 4.79 Å². The highest BCUT2D eigenvalue weighted by atomic mass is 16.5. The number of ketones is 1. The molecule has 118 valence electrons. The van der Waals surface area contributed by atoms with E-state index in [-0.39, 0.29) is 23.2 Å². The molecule has 0 saturated heterocycles. The summed E-state index contributed by atoms with van der Waals surface area (Å²) in [5.74, 6) is 1.48. The minimum Gasteiger partial charge on any atom is -0.497 e. The largest absolute Gasteiger partial charge is 0.497 e. The number of methoxy groups -OCH3 is 2. The molecule has 0 unspecified atom stereocenters. The lowest BCUT2D eigenvalue weighted by atomic mass is 9.68. The van der Waals surface area contributed by atoms with E-state index in [4.69, 9.17) is 9.47 Å². The normalized spacial score (nSPS) is 26.0. The SMILES string of the molecule is COc1cc(OC)cc(C2=NN[C@@H]3CC(C)(C)CC(=O)[C@H]23)c1. The van der Waals surface area contributed by atoms with Crippen LogP contribution >= 0.6 is 0 Å². The van der Waals surface area contributed by atoms with E-state index in [1.54, 1.807) is 14.2 Å². The molecule has 1 aliphatic heterocycles. The van der Waals surface area contributed by atoms with Crippen molar-refractivity contribution >= 4 is 11.5 Å². The van der Waals surface area contributed by atoms with Crippen molar-refractivity contribution < 1.29 is 14.3 Å². The second-order valence-corrected chi connectivity index (χ2v) is 6.82. The zero-order valence-corrected chi connectivity index (χ0v) is 13.5. The highest BCUT2D eigenvalue weighted by molar-refractivity contribution is 6.15. The van der Waals surface area contributed by atoms with Gasteiger partial charge in [-0.25, -0.2) is 0 Å². The molecule has 2 atom stereocenters. The van der Waals surface area contributed by atoms with Crippen molar-refractivity contribution in [1.82, 2.24) is 5.43 Å². The van der Waals surface area contributed by atoms with E-state index < -0.39 is 0 Å². The Bertz CT molecular complexity index is 615. The molecule has 22 heavy (non-hydrogen) atoms. The van der Waals surface area contributed by atoms with Gasteiger partial charge in [0.25, 0.3) is 0 Å². The molecular weight excluding hydrogens is 280 g/mol. The Kier molecular flexibility index (Phi) is 3.59. The summed E-state index contributed by atoms with van der Waals surface area (Å²) in [7, 11) is 3.23. The van der Waals surface area contributed by atoms with Gasteiger partial charge in [-0.1, -0.05) is 13.8 Å². The summed E-state index contributed by atoms with van der Waals surface area (Å²) in [4.78, 5) is 12.6. The molecule has 1 saturated carbocycles. The van der Waals surface area contributed by atoms with Crippen molar-refractivity contribution in [3.8, 4) is 11.5 Å². The standard InChI is InChI=1S/C17H22N2O3/c1-17(2)8-13-15(14(20)9-17)16(19-18-13)10-5-11(21-3)7-12(6-10)22-4/h5-7,13,15,18H,8-9H2,1-4H3/t13-,15-/m1/s1. The van der Waals surface area contributed by atoms with Gasteiger partial charge >= 0.3 is 0 Å². The Morgan fingerprint density at radius 2 is 1.82 bits per heavy atom. The Balaban J connectivity index is 1.95. The second kappa shape index (κ2) is 5.30. The van der Waals surface area contributed by atoms with Gasteiger partial charge in [0.1, 0.15) is 17.3 Å². The summed E-state index contributed by atoms with van der Waals surface area (Å²) in [6.07, 6.45) is 1.54. The highest BCUT2D eigenvalue weighted by Gasteiger charge is 2.46. The van der Waals surface area contributed by atoms with Crippen LogP contribution < -0.4 is 14.9 Å². The number of carbonyl (C=O) groups is 1. The molecule has 1 N–H and O–H groups in total. The summed E-state index contributed by atoms with van der Waals surface area (Å²) in [6, 6.07) is 5.70. The fourth-order valence-corrected chi connectivity index (χ4v) is 3.48. The van der Waals surface area contributed by atoms with Crippen LogP contribution in [0.2, 0.25) is 0 Å². The van der Waals surface area contributed by atoms with E-state index in [2.05, 4.69) is 24.4 Å². The summed E-state index contributed by atoms with van der Waals surface area (Å²) in [5.41, 5.74) is 4.86. The second-order valence-electron chi connectivity index (χ2n) is 6.82. The van der Waals surface area contributed by atoms with Crippen LogP contribution in [-0.4, -0.2) is 31.8 Å². The fraction of sp³-hybridized carbons (Fsp3) is 0.529. The first-order valence-electron chi connectivity index (χ1n) is 7.53. The third kappa shape index (κ3) is 2.56. The van der Waals surface area contributed by atoms with Crippen LogP contribution in [0.3, 0.4) is 0 Å². The first kappa shape index (κ1) is 14.9. The molecule has 1 aromatic carbocycles. The maximum absolute atomic E-state index is 12.6. The zero-order valence-electron chi connectivity index (χ0n) is 13.5. The van der Waals surface area contributed by atoms with E-state index in [1.165, 1.54) is 0 Å². The number of hydrogen-bond donors (Lipinski definition) is 1. The molecule has 5 heteroatoms. The summed E-state index contributed by atoms with van der Waals surface area (Å²) in [5, 5.41) is 4.45. The molecular formula is C17H22N2O3. The molecule has 1 aliphatic carbocycles. The van der Waals surface area contributed by atoms with Gasteiger partial charge in [0, 0.05) is 18.1 Å². The molecule has 5 nitrogen and oxygen atoms in total. The predicted octanol–water partition coefficient (Wildman–Crippen LogP) is 2.39. The third-order valence-electron chi connectivity index (χ3n) is 4.47. The van der Waals surface area contributed by atoms with E-state index in [1.807, 2.05) is 18.2 Å². The molecule has 0 amide bonds. The van der Waals surface area contributed by atoms with Gasteiger partial charge in [-0.15, -0.1) is 0 Å². The molecule has 1 heterocycles. The summed E-state index contributed by atoms with van der Waals surface area (Å²) < 4.78 is 10.6. The van der Waals surface area contributed by atoms with Gasteiger partial charge in [-0.3, -0.25) is 4.79 Å². The number of hydrazone groups is 1. The van der Waals surface area contributed by atoms with E-state index in [0.29, 0.717) is 17.9 Å². The maximum Gasteiger partial charge on any atom is 0.144 e. The third-order valence-corrected chi connectivity index (χ3v) is 4.47. The van der Waals surface area contributed by atoms with Gasteiger partial charge in [0.15, 0.2) is 0 Å². The van der Waals surface area contributed by atoms with Crippen molar-refractivity contribution in [1.29, 1.82) is 0 Å². The number of nitrogens with one attached hydrogen (secondary N) is 1. The average molecular weight is 302 g/mol. The Hall–Kier alpha value is -2.04. The fourth-order valence-electron chi connectivity index (χ4n) is 3.48. The van der Waals surface area contributed by atoms with Crippen LogP contribution in [0.1, 0.15) is 32.3 Å². The predicted molar refractivity (Wildman–Crippen MR) is 84.5 cm³/mol. The van der Waals surface area contributed by atoms with E-state index in [9.17, 15) is 4.79 Å². The van der Waals surface area contributed by atoms with Crippen molar-refractivity contribution in [2.75, 3.05) is 14.2 Å². The van der Waals surface area contributed by atoms with Crippen LogP contribution in [0.25, 0.3) is 0 Å². The molecule has 2 aliphatic rings. The Labute approximate surface area is 130 Å². The lowest BCUT2D eigenvalue weighted by Gasteiger charge is -2.36. The van der Waals surface area contributed by atoms with Crippen molar-refractivity contribution in [3.63, 3.8) is 0 Å². The molecule has 0 spiro atoms. The zero-order chi connectivity index (χ0) is 15.9. The minimum absolute atomic E-state index is 0.0300. The molecule has 3 rings (SSSR count). The number of rotatable bonds is 3. The summed E-state index contributed by atoms with van der Waals surface area (Å²) >= 11 is 0. The topological polar surface area (TPSA) is 59.9 Å². The average Bonchev–Trinajstić information content (AvgIpc) is 2.89. The minimum atomic E-state index is -0.176. The molecule has 0 bridgehead atoms. The first-order valence-corrected chi connectivity index (χ1v) is 7.53. The number of fused-ring (bicyclic) bond motifs is 1. The molecule has 0 radical (unpaired) electrons. The van der Waals surface area contributed by atoms with Crippen molar-refractivity contribution in [2.24, 2.45) is 16.4 Å². The van der Waals surface area contributed by atoms with Crippen LogP contribution in [0.15, 0.2) is 23.3 Å². The summed E-state index contributed by atoms with van der Waals surface area (Å²) in [6.45, 7) is 4.27. The maximum atomic E-state index is 12.6. The number of nitrogens with zero attached hydrogens (tertiary/aromatic N) is 1. The van der Waals surface area contributed by atoms with Gasteiger partial charge < -0.3 is 14.9 Å². The van der Waals surface area contributed by atoms with Crippen LogP contribution in [0, 0.1) is 11.3 Å². The molecule has 1 fully saturated rings. The van der Waals surface area contributed by atoms with Crippen LogP contribution in [0.5, 0.6) is 11.5 Å². The number of Topliss-reactive ketones (excluding diaryl/α,β-unsaturated/α-hetero) is 1. The quantitative estimate of drug-likeness (QED) is 0.931. The van der Waals surface area contributed by atoms with Gasteiger partial charge in [0.05, 0.1) is 31.9 Å². The molecule has 0 aromatic heterocycles. The Morgan fingerprint density at radius 1 is 1.18 bits per heavy atom. The van der Waals surface area contributed by atoms with Gasteiger partial charge in [0.2, 0.25) is 0 Å². The molecule has 1 aromatic rings. The lowest BCUT2D eigenvalue weighted by Crippen LogP contribution is -2.45. The Morgan fingerprint density at radius 3 is 2.41 bits per heavy atom. The lowest BCUT2D eigenvalue weighted by molar-refractivity contribution is -0.126. The highest BCUT2D eigenvalue weighted by Crippen LogP contribution is 2.40. The van der Waals surface area contributed by atoms with Gasteiger partial charge in [-0.05, 0) is 24.0 Å². The van der Waals surface area contributed by atoms with Crippen LogP contribution in [0.4, 0.5) is 0 Å². The number of hydrogen-bond acceptors (Lipinski definition) is 5. The first-order chi connectivity index (χ1) is 10.4. The number of ether oxygens (including phenoxy) is 2. The van der Waals surface area contributed by atoms with Gasteiger partial charge in [-0.2, -0.15) is 5.10 Å². The van der Waals surface area contributed by atoms with E-state index in [0.717, 1.165) is 17.7 Å². The van der Waals surface area contributed by atoms with Crippen molar-refractivity contribution in [3.05, 3.63) is 23.8 Å².